The van der Waals surface area contributed by atoms with Crippen molar-refractivity contribution in [1.29, 1.82) is 0 Å². The third-order valence-corrected chi connectivity index (χ3v) is 1.98. The second kappa shape index (κ2) is 4.44. The summed E-state index contributed by atoms with van der Waals surface area (Å²) < 4.78 is 0. The molecular weight excluding hydrogens is 134 g/mol. The van der Waals surface area contributed by atoms with Gasteiger partial charge in [-0.1, -0.05) is 6.08 Å². The van der Waals surface area contributed by atoms with E-state index in [1.54, 1.807) is 6.08 Å². The highest BCUT2D eigenvalue weighted by molar-refractivity contribution is 7.99. The lowest BCUT2D eigenvalue weighted by Gasteiger charge is -2.04. The average molecular weight is 145 g/mol. The Morgan fingerprint density at radius 2 is 2.56 bits per heavy atom. The van der Waals surface area contributed by atoms with Gasteiger partial charge in [-0.3, -0.25) is 4.79 Å². The lowest BCUT2D eigenvalue weighted by molar-refractivity contribution is -0.117. The first-order chi connectivity index (χ1) is 4.22. The van der Waals surface area contributed by atoms with Crippen LogP contribution in [0.2, 0.25) is 0 Å². The van der Waals surface area contributed by atoms with Gasteiger partial charge in [0.15, 0.2) is 0 Å². The molecule has 0 saturated carbocycles. The molecule has 0 radical (unpaired) electrons. The number of rotatable bonds is 4. The zero-order valence-corrected chi connectivity index (χ0v) is 6.28. The van der Waals surface area contributed by atoms with Gasteiger partial charge in [-0.2, -0.15) is 11.8 Å². The Morgan fingerprint density at radius 1 is 2.00 bits per heavy atom. The molecule has 0 aliphatic heterocycles. The van der Waals surface area contributed by atoms with E-state index in [9.17, 15) is 4.79 Å². The number of allylic oxidation sites excluding steroid dienone is 1. The molecule has 9 heavy (non-hydrogen) atoms. The summed E-state index contributed by atoms with van der Waals surface area (Å²) in [6.07, 6.45) is 4.22. The van der Waals surface area contributed by atoms with Gasteiger partial charge in [0.05, 0.1) is 5.25 Å². The molecule has 0 aromatic carbocycles. The molecule has 2 nitrogen and oxygen atoms in total. The zero-order valence-electron chi connectivity index (χ0n) is 5.46. The zero-order chi connectivity index (χ0) is 7.28. The number of amides is 1. The predicted octanol–water partition coefficient (Wildman–Crippen LogP) is 0.779. The molecule has 0 fully saturated rings. The van der Waals surface area contributed by atoms with E-state index in [4.69, 9.17) is 5.73 Å². The van der Waals surface area contributed by atoms with Crippen molar-refractivity contribution in [2.24, 2.45) is 5.73 Å². The first-order valence-corrected chi connectivity index (χ1v) is 3.94. The molecule has 0 aliphatic carbocycles. The van der Waals surface area contributed by atoms with E-state index in [1.807, 2.05) is 6.26 Å². The second-order valence-electron chi connectivity index (χ2n) is 1.65. The maximum absolute atomic E-state index is 10.5. The van der Waals surface area contributed by atoms with Crippen LogP contribution in [-0.2, 0) is 4.79 Å². The van der Waals surface area contributed by atoms with Crippen LogP contribution in [0.4, 0.5) is 0 Å². The van der Waals surface area contributed by atoms with Crippen molar-refractivity contribution < 1.29 is 4.79 Å². The molecule has 52 valence electrons. The summed E-state index contributed by atoms with van der Waals surface area (Å²) in [5.41, 5.74) is 5.03. The number of hydrogen-bond donors (Lipinski definition) is 1. The smallest absolute Gasteiger partial charge is 0.230 e. The number of nitrogens with two attached hydrogens (primary N) is 1. The fourth-order valence-corrected chi connectivity index (χ4v) is 1.04. The number of primary amides is 1. The average Bonchev–Trinajstić information content (AvgIpc) is 1.82. The van der Waals surface area contributed by atoms with Gasteiger partial charge in [0.25, 0.3) is 0 Å². The van der Waals surface area contributed by atoms with Crippen LogP contribution in [0.25, 0.3) is 0 Å². The van der Waals surface area contributed by atoms with Crippen LogP contribution in [0.5, 0.6) is 0 Å². The van der Waals surface area contributed by atoms with E-state index in [-0.39, 0.29) is 11.2 Å². The molecule has 0 spiro atoms. The molecule has 3 heteroatoms. The van der Waals surface area contributed by atoms with Gasteiger partial charge in [-0.25, -0.2) is 0 Å². The van der Waals surface area contributed by atoms with Crippen molar-refractivity contribution in [2.75, 3.05) is 6.26 Å². The highest BCUT2D eigenvalue weighted by atomic mass is 32.2. The minimum Gasteiger partial charge on any atom is -0.369 e. The van der Waals surface area contributed by atoms with Crippen molar-refractivity contribution in [2.45, 2.75) is 11.7 Å². The maximum Gasteiger partial charge on any atom is 0.230 e. The molecule has 0 aromatic rings. The van der Waals surface area contributed by atoms with E-state index in [0.29, 0.717) is 6.42 Å². The molecule has 1 amide bonds. The van der Waals surface area contributed by atoms with Crippen molar-refractivity contribution in [1.82, 2.24) is 0 Å². The molecule has 0 aromatic heterocycles. The molecule has 0 aliphatic rings. The maximum atomic E-state index is 10.5. The molecule has 0 bridgehead atoms. The summed E-state index contributed by atoms with van der Waals surface area (Å²) in [6, 6.07) is 0. The fraction of sp³-hybridized carbons (Fsp3) is 0.500. The first-order valence-electron chi connectivity index (χ1n) is 2.65. The standard InChI is InChI=1S/C6H11NOS/c1-3-4-5(9-2)6(7)8/h3,5H,1,4H2,2H3,(H2,7,8). The SMILES string of the molecule is C=CCC(SC)C(N)=O. The monoisotopic (exact) mass is 145 g/mol. The van der Waals surface area contributed by atoms with Crippen LogP contribution in [-0.4, -0.2) is 17.4 Å². The summed E-state index contributed by atoms with van der Waals surface area (Å²) in [5, 5.41) is -0.0949. The Morgan fingerprint density at radius 3 is 2.67 bits per heavy atom. The summed E-state index contributed by atoms with van der Waals surface area (Å²) in [7, 11) is 0. The van der Waals surface area contributed by atoms with Gasteiger partial charge in [0, 0.05) is 0 Å². The Hall–Kier alpha value is -0.440. The molecule has 0 saturated heterocycles. The first kappa shape index (κ1) is 8.56. The van der Waals surface area contributed by atoms with Crippen molar-refractivity contribution in [3.8, 4) is 0 Å². The minimum atomic E-state index is -0.262. The van der Waals surface area contributed by atoms with Crippen LogP contribution in [0.1, 0.15) is 6.42 Å². The summed E-state index contributed by atoms with van der Waals surface area (Å²) >= 11 is 1.46. The summed E-state index contributed by atoms with van der Waals surface area (Å²) in [4.78, 5) is 10.5. The van der Waals surface area contributed by atoms with Crippen LogP contribution in [0.15, 0.2) is 12.7 Å². The van der Waals surface area contributed by atoms with E-state index in [0.717, 1.165) is 0 Å². The molecular formula is C6H11NOS. The molecule has 2 N–H and O–H groups in total. The number of carbonyl (C=O) groups excluding carboxylic acids is 1. The fourth-order valence-electron chi connectivity index (χ4n) is 0.480. The van der Waals surface area contributed by atoms with Crippen molar-refractivity contribution >= 4 is 17.7 Å². The Balaban J connectivity index is 3.67. The topological polar surface area (TPSA) is 43.1 Å². The van der Waals surface area contributed by atoms with Gasteiger partial charge < -0.3 is 5.73 Å². The van der Waals surface area contributed by atoms with E-state index >= 15 is 0 Å². The Kier molecular flexibility index (Phi) is 4.22. The van der Waals surface area contributed by atoms with Crippen molar-refractivity contribution in [3.63, 3.8) is 0 Å². The lowest BCUT2D eigenvalue weighted by atomic mass is 10.3. The van der Waals surface area contributed by atoms with Gasteiger partial charge in [-0.05, 0) is 12.7 Å². The molecule has 0 rings (SSSR count). The minimum absolute atomic E-state index is 0.0949. The number of thioether (sulfide) groups is 1. The van der Waals surface area contributed by atoms with E-state index in [2.05, 4.69) is 6.58 Å². The quantitative estimate of drug-likeness (QED) is 0.594. The highest BCUT2D eigenvalue weighted by Gasteiger charge is 2.09. The third-order valence-electron chi connectivity index (χ3n) is 0.983. The predicted molar refractivity (Wildman–Crippen MR) is 41.3 cm³/mol. The van der Waals surface area contributed by atoms with Crippen LogP contribution >= 0.6 is 11.8 Å². The summed E-state index contributed by atoms with van der Waals surface area (Å²) in [6.45, 7) is 3.51. The van der Waals surface area contributed by atoms with Gasteiger partial charge in [-0.15, -0.1) is 6.58 Å². The van der Waals surface area contributed by atoms with Gasteiger partial charge in [0.2, 0.25) is 5.91 Å². The highest BCUT2D eigenvalue weighted by Crippen LogP contribution is 2.09. The molecule has 0 heterocycles. The third kappa shape index (κ3) is 3.19. The Labute approximate surface area is 59.5 Å². The van der Waals surface area contributed by atoms with Gasteiger partial charge >= 0.3 is 0 Å². The van der Waals surface area contributed by atoms with Gasteiger partial charge in [0.1, 0.15) is 0 Å². The number of hydrogen-bond acceptors (Lipinski definition) is 2. The largest absolute Gasteiger partial charge is 0.369 e. The van der Waals surface area contributed by atoms with Crippen LogP contribution in [0, 0.1) is 0 Å². The van der Waals surface area contributed by atoms with E-state index in [1.165, 1.54) is 11.8 Å². The van der Waals surface area contributed by atoms with E-state index < -0.39 is 0 Å². The molecule has 1 unspecified atom stereocenters. The van der Waals surface area contributed by atoms with Crippen LogP contribution < -0.4 is 5.73 Å². The van der Waals surface area contributed by atoms with Crippen LogP contribution in [0.3, 0.4) is 0 Å². The Bertz CT molecular complexity index is 114. The summed E-state index contributed by atoms with van der Waals surface area (Å²) in [5.74, 6) is -0.262. The lowest BCUT2D eigenvalue weighted by Crippen LogP contribution is -2.24. The number of carbonyl (C=O) groups is 1. The van der Waals surface area contributed by atoms with Crippen molar-refractivity contribution in [3.05, 3.63) is 12.7 Å². The second-order valence-corrected chi connectivity index (χ2v) is 2.69. The normalized spacial score (nSPS) is 12.6. The molecule has 1 atom stereocenters.